The van der Waals surface area contributed by atoms with Gasteiger partial charge in [-0.2, -0.15) is 0 Å². The molecule has 0 aliphatic rings. The minimum Gasteiger partial charge on any atom is -0.472 e. The minimum absolute atomic E-state index is 0.0765. The van der Waals surface area contributed by atoms with E-state index in [0.717, 1.165) is 11.3 Å². The van der Waals surface area contributed by atoms with Crippen LogP contribution in [0.1, 0.15) is 16.8 Å². The number of hydrogen-bond donors (Lipinski definition) is 0. The first kappa shape index (κ1) is 13.0. The van der Waals surface area contributed by atoms with Crippen LogP contribution in [0.25, 0.3) is 0 Å². The monoisotopic (exact) mass is 258 g/mol. The summed E-state index contributed by atoms with van der Waals surface area (Å²) in [5.41, 5.74) is 2.34. The second kappa shape index (κ2) is 5.48. The van der Waals surface area contributed by atoms with E-state index in [-0.39, 0.29) is 12.3 Å². The summed E-state index contributed by atoms with van der Waals surface area (Å²) in [4.78, 5) is 14.8. The highest BCUT2D eigenvalue weighted by Gasteiger charge is 2.15. The lowest BCUT2D eigenvalue weighted by atomic mass is 10.1. The van der Waals surface area contributed by atoms with E-state index < -0.39 is 4.92 Å². The zero-order valence-corrected chi connectivity index (χ0v) is 10.8. The van der Waals surface area contributed by atoms with Gasteiger partial charge in [-0.05, 0) is 25.5 Å². The number of hydrogen-bond acceptors (Lipinski definition) is 4. The molecule has 19 heavy (non-hydrogen) atoms. The van der Waals surface area contributed by atoms with Gasteiger partial charge in [-0.25, -0.2) is 4.98 Å². The number of pyridine rings is 1. The molecule has 0 bridgehead atoms. The molecule has 5 heteroatoms. The van der Waals surface area contributed by atoms with Gasteiger partial charge in [-0.1, -0.05) is 18.2 Å². The number of aryl methyl sites for hydroxylation is 2. The van der Waals surface area contributed by atoms with Gasteiger partial charge in [0.15, 0.2) is 0 Å². The summed E-state index contributed by atoms with van der Waals surface area (Å²) in [6.45, 7) is 3.83. The molecule has 0 aliphatic heterocycles. The maximum atomic E-state index is 11.0. The van der Waals surface area contributed by atoms with Crippen molar-refractivity contribution < 1.29 is 9.66 Å². The van der Waals surface area contributed by atoms with Crippen molar-refractivity contribution >= 4 is 5.69 Å². The molecular weight excluding hydrogens is 244 g/mol. The van der Waals surface area contributed by atoms with Gasteiger partial charge in [-0.3, -0.25) is 10.1 Å². The number of rotatable bonds is 4. The topological polar surface area (TPSA) is 65.3 Å². The van der Waals surface area contributed by atoms with Crippen molar-refractivity contribution in [3.8, 4) is 5.88 Å². The average Bonchev–Trinajstić information content (AvgIpc) is 2.37. The maximum Gasteiger partial charge on any atom is 0.276 e. The summed E-state index contributed by atoms with van der Waals surface area (Å²) < 4.78 is 5.53. The smallest absolute Gasteiger partial charge is 0.276 e. The molecule has 5 nitrogen and oxygen atoms in total. The Morgan fingerprint density at radius 3 is 2.63 bits per heavy atom. The van der Waals surface area contributed by atoms with Gasteiger partial charge < -0.3 is 4.74 Å². The third-order valence-electron chi connectivity index (χ3n) is 2.81. The van der Waals surface area contributed by atoms with Gasteiger partial charge in [0, 0.05) is 17.8 Å². The molecule has 98 valence electrons. The SMILES string of the molecule is Cc1cccc(OCc2c(C)cccc2[N+](=O)[O-])n1. The zero-order chi connectivity index (χ0) is 13.8. The Balaban J connectivity index is 2.22. The van der Waals surface area contributed by atoms with E-state index in [9.17, 15) is 10.1 Å². The van der Waals surface area contributed by atoms with Gasteiger partial charge in [-0.15, -0.1) is 0 Å². The second-order valence-corrected chi connectivity index (χ2v) is 4.24. The minimum atomic E-state index is -0.393. The second-order valence-electron chi connectivity index (χ2n) is 4.24. The highest BCUT2D eigenvalue weighted by molar-refractivity contribution is 5.44. The van der Waals surface area contributed by atoms with Crippen LogP contribution in [-0.2, 0) is 6.61 Å². The first-order valence-electron chi connectivity index (χ1n) is 5.87. The summed E-state index contributed by atoms with van der Waals surface area (Å²) in [5.74, 6) is 0.470. The Labute approximate surface area is 111 Å². The Hall–Kier alpha value is -2.43. The number of nitrogens with zero attached hydrogens (tertiary/aromatic N) is 2. The predicted octanol–water partition coefficient (Wildman–Crippen LogP) is 3.19. The summed E-state index contributed by atoms with van der Waals surface area (Å²) in [6.07, 6.45) is 0. The zero-order valence-electron chi connectivity index (χ0n) is 10.8. The molecule has 0 saturated carbocycles. The van der Waals surface area contributed by atoms with Crippen LogP contribution in [0.15, 0.2) is 36.4 Å². The highest BCUT2D eigenvalue weighted by Crippen LogP contribution is 2.23. The third kappa shape index (κ3) is 3.07. The van der Waals surface area contributed by atoms with Crippen molar-refractivity contribution in [2.45, 2.75) is 20.5 Å². The Bertz CT molecular complexity index is 611. The van der Waals surface area contributed by atoms with Gasteiger partial charge in [0.2, 0.25) is 5.88 Å². The highest BCUT2D eigenvalue weighted by atomic mass is 16.6. The van der Waals surface area contributed by atoms with E-state index in [4.69, 9.17) is 4.74 Å². The molecule has 0 radical (unpaired) electrons. The Morgan fingerprint density at radius 2 is 1.95 bits per heavy atom. The molecule has 0 N–H and O–H groups in total. The average molecular weight is 258 g/mol. The van der Waals surface area contributed by atoms with E-state index in [2.05, 4.69) is 4.98 Å². The Kier molecular flexibility index (Phi) is 3.75. The fourth-order valence-electron chi connectivity index (χ4n) is 1.79. The number of ether oxygens (including phenoxy) is 1. The van der Waals surface area contributed by atoms with Crippen LogP contribution in [-0.4, -0.2) is 9.91 Å². The molecule has 0 saturated heterocycles. The van der Waals surface area contributed by atoms with Crippen molar-refractivity contribution in [2.24, 2.45) is 0 Å². The van der Waals surface area contributed by atoms with Crippen molar-refractivity contribution in [3.63, 3.8) is 0 Å². The molecule has 1 aromatic heterocycles. The number of aromatic nitrogens is 1. The standard InChI is InChI=1S/C14H14N2O3/c1-10-5-3-7-13(16(17)18)12(10)9-19-14-8-4-6-11(2)15-14/h3-8H,9H2,1-2H3. The van der Waals surface area contributed by atoms with Crippen molar-refractivity contribution in [3.05, 3.63) is 63.3 Å². The van der Waals surface area contributed by atoms with Crippen LogP contribution in [0.2, 0.25) is 0 Å². The fourth-order valence-corrected chi connectivity index (χ4v) is 1.79. The largest absolute Gasteiger partial charge is 0.472 e. The van der Waals surface area contributed by atoms with E-state index in [0.29, 0.717) is 11.4 Å². The van der Waals surface area contributed by atoms with Gasteiger partial charge in [0.05, 0.1) is 10.5 Å². The van der Waals surface area contributed by atoms with Gasteiger partial charge in [0.25, 0.3) is 5.69 Å². The number of benzene rings is 1. The quantitative estimate of drug-likeness (QED) is 0.624. The van der Waals surface area contributed by atoms with Crippen LogP contribution < -0.4 is 4.74 Å². The van der Waals surface area contributed by atoms with E-state index in [1.54, 1.807) is 12.1 Å². The molecule has 0 fully saturated rings. The Morgan fingerprint density at radius 1 is 1.21 bits per heavy atom. The molecule has 0 unspecified atom stereocenters. The number of nitro groups is 1. The summed E-state index contributed by atoms with van der Waals surface area (Å²) >= 11 is 0. The molecule has 0 spiro atoms. The summed E-state index contributed by atoms with van der Waals surface area (Å²) in [6, 6.07) is 10.4. The molecule has 0 amide bonds. The molecule has 1 aromatic carbocycles. The van der Waals surface area contributed by atoms with Crippen molar-refractivity contribution in [1.82, 2.24) is 4.98 Å². The number of nitro benzene ring substituents is 1. The molecule has 1 heterocycles. The lowest BCUT2D eigenvalue weighted by molar-refractivity contribution is -0.385. The fraction of sp³-hybridized carbons (Fsp3) is 0.214. The third-order valence-corrected chi connectivity index (χ3v) is 2.81. The summed E-state index contributed by atoms with van der Waals surface area (Å²) in [5, 5.41) is 11.0. The van der Waals surface area contributed by atoms with E-state index in [1.807, 2.05) is 32.0 Å². The molecule has 2 rings (SSSR count). The van der Waals surface area contributed by atoms with Crippen LogP contribution in [0, 0.1) is 24.0 Å². The normalized spacial score (nSPS) is 10.2. The van der Waals surface area contributed by atoms with Crippen molar-refractivity contribution in [1.29, 1.82) is 0 Å². The van der Waals surface area contributed by atoms with Gasteiger partial charge >= 0.3 is 0 Å². The lowest BCUT2D eigenvalue weighted by Crippen LogP contribution is -2.03. The molecule has 0 atom stereocenters. The van der Waals surface area contributed by atoms with Gasteiger partial charge in [0.1, 0.15) is 6.61 Å². The molecular formula is C14H14N2O3. The van der Waals surface area contributed by atoms with Crippen LogP contribution in [0.3, 0.4) is 0 Å². The summed E-state index contributed by atoms with van der Waals surface area (Å²) in [7, 11) is 0. The predicted molar refractivity (Wildman–Crippen MR) is 71.1 cm³/mol. The van der Waals surface area contributed by atoms with Crippen molar-refractivity contribution in [2.75, 3.05) is 0 Å². The van der Waals surface area contributed by atoms with Crippen LogP contribution in [0.4, 0.5) is 5.69 Å². The molecule has 0 aliphatic carbocycles. The molecule has 2 aromatic rings. The first-order chi connectivity index (χ1) is 9.08. The first-order valence-corrected chi connectivity index (χ1v) is 5.87. The lowest BCUT2D eigenvalue weighted by Gasteiger charge is -2.08. The van der Waals surface area contributed by atoms with Crippen LogP contribution >= 0.6 is 0 Å². The van der Waals surface area contributed by atoms with E-state index >= 15 is 0 Å². The maximum absolute atomic E-state index is 11.0. The van der Waals surface area contributed by atoms with E-state index in [1.165, 1.54) is 6.07 Å². The van der Waals surface area contributed by atoms with Crippen LogP contribution in [0.5, 0.6) is 5.88 Å².